The molecule has 1 fully saturated rings. The lowest BCUT2D eigenvalue weighted by Crippen LogP contribution is -2.48. The van der Waals surface area contributed by atoms with Gasteiger partial charge in [0.25, 0.3) is 5.91 Å². The molecule has 1 aromatic carbocycles. The molecule has 2 rings (SSSR count). The zero-order chi connectivity index (χ0) is 13.3. The molecule has 1 aliphatic rings. The number of imide groups is 2. The SMILES string of the molecule is CCC1(c2ccccc2)C(=O)NC(=O)N1C(C)=O. The van der Waals surface area contributed by atoms with Gasteiger partial charge in [-0.2, -0.15) is 0 Å². The van der Waals surface area contributed by atoms with E-state index >= 15 is 0 Å². The molecule has 0 radical (unpaired) electrons. The van der Waals surface area contributed by atoms with Crippen LogP contribution in [0.2, 0.25) is 0 Å². The highest BCUT2D eigenvalue weighted by Crippen LogP contribution is 2.36. The number of benzene rings is 1. The number of hydrogen-bond acceptors (Lipinski definition) is 3. The van der Waals surface area contributed by atoms with Gasteiger partial charge in [0.15, 0.2) is 5.54 Å². The maximum atomic E-state index is 12.1. The number of amides is 4. The summed E-state index contributed by atoms with van der Waals surface area (Å²) in [6.45, 7) is 3.06. The van der Waals surface area contributed by atoms with Crippen LogP contribution in [-0.2, 0) is 15.1 Å². The summed E-state index contributed by atoms with van der Waals surface area (Å²) in [5.41, 5.74) is -0.574. The van der Waals surface area contributed by atoms with E-state index in [1.54, 1.807) is 31.2 Å². The number of hydrogen-bond donors (Lipinski definition) is 1. The summed E-state index contributed by atoms with van der Waals surface area (Å²) in [5.74, 6) is -0.888. The Morgan fingerprint density at radius 2 is 1.89 bits per heavy atom. The van der Waals surface area contributed by atoms with Gasteiger partial charge in [-0.3, -0.25) is 14.9 Å². The summed E-state index contributed by atoms with van der Waals surface area (Å²) in [7, 11) is 0. The fraction of sp³-hybridized carbons (Fsp3) is 0.308. The molecule has 1 atom stereocenters. The van der Waals surface area contributed by atoms with Crippen molar-refractivity contribution in [2.24, 2.45) is 0 Å². The molecule has 1 heterocycles. The minimum Gasteiger partial charge on any atom is -0.275 e. The van der Waals surface area contributed by atoms with Crippen molar-refractivity contribution in [3.8, 4) is 0 Å². The summed E-state index contributed by atoms with van der Waals surface area (Å²) in [6, 6.07) is 8.22. The first kappa shape index (κ1) is 12.3. The maximum Gasteiger partial charge on any atom is 0.332 e. The highest BCUT2D eigenvalue weighted by molar-refractivity contribution is 6.14. The normalized spacial score (nSPS) is 23.1. The van der Waals surface area contributed by atoms with E-state index < -0.39 is 23.4 Å². The van der Waals surface area contributed by atoms with Gasteiger partial charge < -0.3 is 0 Å². The zero-order valence-electron chi connectivity index (χ0n) is 10.3. The first-order valence-electron chi connectivity index (χ1n) is 5.75. The number of carbonyl (C=O) groups is 3. The highest BCUT2D eigenvalue weighted by Gasteiger charge is 2.54. The number of urea groups is 1. The lowest BCUT2D eigenvalue weighted by molar-refractivity contribution is -0.138. The van der Waals surface area contributed by atoms with Gasteiger partial charge >= 0.3 is 6.03 Å². The monoisotopic (exact) mass is 246 g/mol. The Kier molecular flexibility index (Phi) is 2.90. The van der Waals surface area contributed by atoms with E-state index in [9.17, 15) is 14.4 Å². The second-order valence-electron chi connectivity index (χ2n) is 4.19. The Balaban J connectivity index is 2.63. The third-order valence-corrected chi connectivity index (χ3v) is 3.26. The van der Waals surface area contributed by atoms with Gasteiger partial charge in [-0.15, -0.1) is 0 Å². The molecule has 1 saturated heterocycles. The molecule has 0 aliphatic carbocycles. The summed E-state index contributed by atoms with van der Waals surface area (Å²) in [6.07, 6.45) is 0.341. The Bertz CT molecular complexity index is 512. The average Bonchev–Trinajstić information content (AvgIpc) is 2.61. The number of nitrogens with zero attached hydrogens (tertiary/aromatic N) is 1. The van der Waals surface area contributed by atoms with Crippen molar-refractivity contribution < 1.29 is 14.4 Å². The van der Waals surface area contributed by atoms with Crippen LogP contribution in [0.4, 0.5) is 4.79 Å². The van der Waals surface area contributed by atoms with Crippen molar-refractivity contribution in [1.82, 2.24) is 10.2 Å². The van der Waals surface area contributed by atoms with Crippen LogP contribution < -0.4 is 5.32 Å². The minimum absolute atomic E-state index is 0.341. The van der Waals surface area contributed by atoms with E-state index in [0.717, 1.165) is 4.90 Å². The van der Waals surface area contributed by atoms with Crippen molar-refractivity contribution in [2.75, 3.05) is 0 Å². The van der Waals surface area contributed by atoms with E-state index in [0.29, 0.717) is 12.0 Å². The lowest BCUT2D eigenvalue weighted by Gasteiger charge is -2.32. The van der Waals surface area contributed by atoms with E-state index in [-0.39, 0.29) is 0 Å². The second kappa shape index (κ2) is 4.25. The van der Waals surface area contributed by atoms with Crippen molar-refractivity contribution >= 4 is 17.8 Å². The zero-order valence-corrected chi connectivity index (χ0v) is 10.3. The Labute approximate surface area is 105 Å². The third kappa shape index (κ3) is 1.51. The van der Waals surface area contributed by atoms with Crippen molar-refractivity contribution in [3.05, 3.63) is 35.9 Å². The molecule has 1 aliphatic heterocycles. The molecule has 94 valence electrons. The van der Waals surface area contributed by atoms with Crippen LogP contribution >= 0.6 is 0 Å². The first-order chi connectivity index (χ1) is 8.54. The molecule has 1 aromatic rings. The van der Waals surface area contributed by atoms with Crippen LogP contribution in [0, 0.1) is 0 Å². The summed E-state index contributed by atoms with van der Waals surface area (Å²) in [4.78, 5) is 36.5. The molecule has 0 aromatic heterocycles. The summed E-state index contributed by atoms with van der Waals surface area (Å²) in [5, 5.41) is 2.22. The first-order valence-corrected chi connectivity index (χ1v) is 5.75. The smallest absolute Gasteiger partial charge is 0.275 e. The van der Waals surface area contributed by atoms with Crippen molar-refractivity contribution in [2.45, 2.75) is 25.8 Å². The van der Waals surface area contributed by atoms with Gasteiger partial charge in [0.1, 0.15) is 0 Å². The van der Waals surface area contributed by atoms with Crippen LogP contribution in [0.5, 0.6) is 0 Å². The summed E-state index contributed by atoms with van der Waals surface area (Å²) >= 11 is 0. The Morgan fingerprint density at radius 1 is 1.28 bits per heavy atom. The van der Waals surface area contributed by atoms with E-state index in [1.807, 2.05) is 6.07 Å². The largest absolute Gasteiger partial charge is 0.332 e. The maximum absolute atomic E-state index is 12.1. The van der Waals surface area contributed by atoms with Gasteiger partial charge in [0, 0.05) is 6.92 Å². The van der Waals surface area contributed by atoms with E-state index in [4.69, 9.17) is 0 Å². The van der Waals surface area contributed by atoms with Crippen LogP contribution in [0.25, 0.3) is 0 Å². The van der Waals surface area contributed by atoms with Gasteiger partial charge in [-0.25, -0.2) is 9.69 Å². The van der Waals surface area contributed by atoms with Crippen molar-refractivity contribution in [1.29, 1.82) is 0 Å². The number of nitrogens with one attached hydrogen (secondary N) is 1. The second-order valence-corrected chi connectivity index (χ2v) is 4.19. The number of carbonyl (C=O) groups excluding carboxylic acids is 3. The summed E-state index contributed by atoms with van der Waals surface area (Å²) < 4.78 is 0. The molecule has 5 nitrogen and oxygen atoms in total. The fourth-order valence-corrected chi connectivity index (χ4v) is 2.44. The molecule has 0 spiro atoms. The third-order valence-electron chi connectivity index (χ3n) is 3.26. The van der Waals surface area contributed by atoms with Crippen LogP contribution in [0.15, 0.2) is 30.3 Å². The van der Waals surface area contributed by atoms with Gasteiger partial charge in [-0.05, 0) is 12.0 Å². The standard InChI is InChI=1S/C13H14N2O3/c1-3-13(10-7-5-4-6-8-10)11(17)14-12(18)15(13)9(2)16/h4-8H,3H2,1-2H3,(H,14,17,18). The van der Waals surface area contributed by atoms with Crippen LogP contribution in [0.1, 0.15) is 25.8 Å². The predicted octanol–water partition coefficient (Wildman–Crippen LogP) is 1.39. The molecule has 4 amide bonds. The molecule has 5 heteroatoms. The molecule has 1 N–H and O–H groups in total. The topological polar surface area (TPSA) is 66.5 Å². The predicted molar refractivity (Wildman–Crippen MR) is 64.5 cm³/mol. The lowest BCUT2D eigenvalue weighted by atomic mass is 9.86. The highest BCUT2D eigenvalue weighted by atomic mass is 16.2. The average molecular weight is 246 g/mol. The van der Waals surface area contributed by atoms with Gasteiger partial charge in [0.2, 0.25) is 5.91 Å². The van der Waals surface area contributed by atoms with Gasteiger partial charge in [-0.1, -0.05) is 37.3 Å². The van der Waals surface area contributed by atoms with Crippen molar-refractivity contribution in [3.63, 3.8) is 0 Å². The number of rotatable bonds is 2. The molecule has 0 bridgehead atoms. The molecular formula is C13H14N2O3. The van der Waals surface area contributed by atoms with Gasteiger partial charge in [0.05, 0.1) is 0 Å². The molecular weight excluding hydrogens is 232 g/mol. The van der Waals surface area contributed by atoms with E-state index in [1.165, 1.54) is 6.92 Å². The van der Waals surface area contributed by atoms with Crippen LogP contribution in [0.3, 0.4) is 0 Å². The molecule has 18 heavy (non-hydrogen) atoms. The molecule has 1 unspecified atom stereocenters. The van der Waals surface area contributed by atoms with E-state index in [2.05, 4.69) is 5.32 Å². The minimum atomic E-state index is -1.22. The quantitative estimate of drug-likeness (QED) is 0.802. The van der Waals surface area contributed by atoms with Crippen LogP contribution in [-0.4, -0.2) is 22.7 Å². The fourth-order valence-electron chi connectivity index (χ4n) is 2.44. The Morgan fingerprint density at radius 3 is 2.39 bits per heavy atom. The molecule has 0 saturated carbocycles. The Hall–Kier alpha value is -2.17.